The van der Waals surface area contributed by atoms with Crippen LogP contribution in [0.15, 0.2) is 109 Å². The Bertz CT molecular complexity index is 2090. The van der Waals surface area contributed by atoms with Crippen molar-refractivity contribution < 1.29 is 0 Å². The molecule has 2 nitrogen and oxygen atoms in total. The Balaban J connectivity index is 1.10. The van der Waals surface area contributed by atoms with Gasteiger partial charge in [-0.15, -0.1) is 0 Å². The lowest BCUT2D eigenvalue weighted by atomic mass is 9.81. The quantitative estimate of drug-likeness (QED) is 0.204. The van der Waals surface area contributed by atoms with E-state index in [9.17, 15) is 0 Å². The molecule has 2 aromatic heterocycles. The molecule has 0 bridgehead atoms. The van der Waals surface area contributed by atoms with Gasteiger partial charge in [-0.2, -0.15) is 0 Å². The van der Waals surface area contributed by atoms with E-state index in [0.717, 1.165) is 11.4 Å². The highest BCUT2D eigenvalue weighted by Gasteiger charge is 2.39. The minimum Gasteiger partial charge on any atom is -0.251 e. The Hall–Kier alpha value is -4.82. The molecular formula is C43H36N2. The van der Waals surface area contributed by atoms with Gasteiger partial charge in [-0.25, -0.2) is 0 Å². The molecule has 2 heteroatoms. The predicted octanol–water partition coefficient (Wildman–Crippen LogP) is 10.7. The van der Waals surface area contributed by atoms with Gasteiger partial charge < -0.3 is 0 Å². The summed E-state index contributed by atoms with van der Waals surface area (Å²) in [6.45, 7) is 13.9. The van der Waals surface area contributed by atoms with Crippen LogP contribution in [-0.4, -0.2) is 9.97 Å². The van der Waals surface area contributed by atoms with E-state index in [4.69, 9.17) is 9.97 Å². The van der Waals surface area contributed by atoms with Crippen LogP contribution in [-0.2, 0) is 16.2 Å². The Morgan fingerprint density at radius 3 is 1.18 bits per heavy atom. The van der Waals surface area contributed by atoms with E-state index in [1.807, 2.05) is 0 Å². The van der Waals surface area contributed by atoms with E-state index in [0.29, 0.717) is 0 Å². The average molecular weight is 581 g/mol. The lowest BCUT2D eigenvalue weighted by Gasteiger charge is -2.23. The highest BCUT2D eigenvalue weighted by Crippen LogP contribution is 2.53. The van der Waals surface area contributed by atoms with Gasteiger partial charge in [0, 0.05) is 38.5 Å². The summed E-state index contributed by atoms with van der Waals surface area (Å²) < 4.78 is 0. The first-order valence-electron chi connectivity index (χ1n) is 16.1. The van der Waals surface area contributed by atoms with Gasteiger partial charge in [-0.3, -0.25) is 9.97 Å². The van der Waals surface area contributed by atoms with Crippen molar-refractivity contribution in [2.24, 2.45) is 0 Å². The van der Waals surface area contributed by atoms with Gasteiger partial charge in [0.2, 0.25) is 0 Å². The number of nitrogens with zero attached hydrogens (tertiary/aromatic N) is 2. The summed E-state index contributed by atoms with van der Waals surface area (Å²) in [6.07, 6.45) is 0. The van der Waals surface area contributed by atoms with Crippen LogP contribution in [0.1, 0.15) is 75.2 Å². The van der Waals surface area contributed by atoms with Crippen LogP contribution >= 0.6 is 0 Å². The summed E-state index contributed by atoms with van der Waals surface area (Å²) in [5.41, 5.74) is 19.6. The minimum atomic E-state index is -0.144. The molecule has 0 atom stereocenters. The first-order valence-corrected chi connectivity index (χ1v) is 16.1. The third kappa shape index (κ3) is 3.46. The van der Waals surface area contributed by atoms with Crippen LogP contribution in [0.3, 0.4) is 0 Å². The third-order valence-electron chi connectivity index (χ3n) is 11.0. The summed E-state index contributed by atoms with van der Waals surface area (Å²) in [7, 11) is 0. The fraction of sp³-hybridized carbons (Fsp3) is 0.209. The number of aromatic nitrogens is 2. The Morgan fingerprint density at radius 2 is 0.733 bits per heavy atom. The largest absolute Gasteiger partial charge is 0.251 e. The SMILES string of the molecule is CC1(C)c2cc(-c3ccc4c(n3)C(C)(C)c3ccccc3-4)ccc2-c2ccc(-c3ccc4c(n3)C(C)(C)c3ccccc3-4)cc21. The lowest BCUT2D eigenvalue weighted by Crippen LogP contribution is -2.17. The van der Waals surface area contributed by atoms with E-state index >= 15 is 0 Å². The van der Waals surface area contributed by atoms with Crippen LogP contribution in [0.2, 0.25) is 0 Å². The molecule has 0 unspecified atom stereocenters. The molecule has 0 fully saturated rings. The number of fused-ring (bicyclic) bond motifs is 9. The fourth-order valence-corrected chi connectivity index (χ4v) is 8.46. The Morgan fingerprint density at radius 1 is 0.356 bits per heavy atom. The topological polar surface area (TPSA) is 25.8 Å². The van der Waals surface area contributed by atoms with E-state index < -0.39 is 0 Å². The molecule has 6 aromatic rings. The summed E-state index contributed by atoms with van der Waals surface area (Å²) in [5, 5.41) is 0. The monoisotopic (exact) mass is 580 g/mol. The molecule has 3 aliphatic rings. The number of benzene rings is 4. The van der Waals surface area contributed by atoms with E-state index in [-0.39, 0.29) is 16.2 Å². The van der Waals surface area contributed by atoms with E-state index in [2.05, 4.69) is 151 Å². The van der Waals surface area contributed by atoms with Crippen molar-refractivity contribution >= 4 is 0 Å². The van der Waals surface area contributed by atoms with Gasteiger partial charge in [0.05, 0.1) is 22.8 Å². The van der Waals surface area contributed by atoms with Crippen molar-refractivity contribution in [3.63, 3.8) is 0 Å². The van der Waals surface area contributed by atoms with Crippen LogP contribution in [0.4, 0.5) is 0 Å². The first-order chi connectivity index (χ1) is 21.6. The second-order valence-electron chi connectivity index (χ2n) is 14.7. The maximum Gasteiger partial charge on any atom is 0.0706 e. The number of hydrogen-bond donors (Lipinski definition) is 0. The molecule has 0 saturated heterocycles. The van der Waals surface area contributed by atoms with Crippen molar-refractivity contribution in [1.82, 2.24) is 9.97 Å². The fourth-order valence-electron chi connectivity index (χ4n) is 8.46. The molecule has 0 spiro atoms. The normalized spacial score (nSPS) is 16.8. The van der Waals surface area contributed by atoms with Crippen LogP contribution in [0, 0.1) is 0 Å². The molecule has 0 radical (unpaired) electrons. The second kappa shape index (κ2) is 8.67. The minimum absolute atomic E-state index is 0.117. The third-order valence-corrected chi connectivity index (χ3v) is 11.0. The molecule has 0 amide bonds. The molecular weight excluding hydrogens is 544 g/mol. The lowest BCUT2D eigenvalue weighted by molar-refractivity contribution is 0.637. The molecule has 3 aliphatic carbocycles. The Kier molecular flexibility index (Phi) is 5.12. The van der Waals surface area contributed by atoms with Crippen molar-refractivity contribution in [2.75, 3.05) is 0 Å². The summed E-state index contributed by atoms with van der Waals surface area (Å²) in [4.78, 5) is 10.6. The van der Waals surface area contributed by atoms with Gasteiger partial charge in [0.15, 0.2) is 0 Å². The molecule has 9 rings (SSSR count). The Labute approximate surface area is 265 Å². The smallest absolute Gasteiger partial charge is 0.0706 e. The molecule has 45 heavy (non-hydrogen) atoms. The first kappa shape index (κ1) is 26.6. The van der Waals surface area contributed by atoms with Gasteiger partial charge in [0.1, 0.15) is 0 Å². The maximum atomic E-state index is 5.31. The number of pyridine rings is 2. The van der Waals surface area contributed by atoms with Crippen LogP contribution in [0.25, 0.3) is 55.9 Å². The maximum absolute atomic E-state index is 5.31. The zero-order valence-corrected chi connectivity index (χ0v) is 26.8. The van der Waals surface area contributed by atoms with Crippen molar-refractivity contribution in [2.45, 2.75) is 57.8 Å². The highest BCUT2D eigenvalue weighted by atomic mass is 14.8. The highest BCUT2D eigenvalue weighted by molar-refractivity contribution is 5.87. The molecule has 0 N–H and O–H groups in total. The van der Waals surface area contributed by atoms with Crippen molar-refractivity contribution in [1.29, 1.82) is 0 Å². The number of hydrogen-bond acceptors (Lipinski definition) is 2. The zero-order valence-electron chi connectivity index (χ0n) is 26.8. The molecule has 4 aromatic carbocycles. The average Bonchev–Trinajstić information content (AvgIpc) is 3.53. The molecule has 0 saturated carbocycles. The zero-order chi connectivity index (χ0) is 30.9. The van der Waals surface area contributed by atoms with Crippen molar-refractivity contribution in [3.05, 3.63) is 143 Å². The van der Waals surface area contributed by atoms with E-state index in [1.54, 1.807) is 0 Å². The van der Waals surface area contributed by atoms with Gasteiger partial charge in [-0.1, -0.05) is 126 Å². The van der Waals surface area contributed by atoms with Crippen molar-refractivity contribution in [3.8, 4) is 55.9 Å². The van der Waals surface area contributed by atoms with Crippen LogP contribution < -0.4 is 0 Å². The van der Waals surface area contributed by atoms with Crippen LogP contribution in [0.5, 0.6) is 0 Å². The number of rotatable bonds is 2. The molecule has 0 aliphatic heterocycles. The molecule has 218 valence electrons. The van der Waals surface area contributed by atoms with E-state index in [1.165, 1.54) is 78.1 Å². The van der Waals surface area contributed by atoms with Gasteiger partial charge in [0.25, 0.3) is 0 Å². The molecule has 2 heterocycles. The van der Waals surface area contributed by atoms with Gasteiger partial charge in [-0.05, 0) is 68.8 Å². The van der Waals surface area contributed by atoms with Gasteiger partial charge >= 0.3 is 0 Å². The predicted molar refractivity (Wildman–Crippen MR) is 186 cm³/mol. The summed E-state index contributed by atoms with van der Waals surface area (Å²) >= 11 is 0. The summed E-state index contributed by atoms with van der Waals surface area (Å²) in [6, 6.07) is 40.3. The second-order valence-corrected chi connectivity index (χ2v) is 14.7. The summed E-state index contributed by atoms with van der Waals surface area (Å²) in [5.74, 6) is 0. The standard InChI is InChI=1S/C43H36N2/c1-41(2)35-23-25(37-21-19-31-27-11-7-9-13-33(27)42(3,4)39(31)44-37)15-17-29(35)30-18-16-26(24-36(30)41)38-22-20-32-28-12-8-10-14-34(28)43(5,6)40(32)45-38/h7-24H,1-6H3.